The van der Waals surface area contributed by atoms with E-state index in [1.54, 1.807) is 17.1 Å². The van der Waals surface area contributed by atoms with Crippen molar-refractivity contribution < 1.29 is 14.7 Å². The van der Waals surface area contributed by atoms with Crippen LogP contribution in [-0.2, 0) is 9.59 Å². The van der Waals surface area contributed by atoms with Crippen LogP contribution in [0.1, 0.15) is 44.9 Å². The summed E-state index contributed by atoms with van der Waals surface area (Å²) in [7, 11) is 0. The van der Waals surface area contributed by atoms with E-state index in [1.165, 1.54) is 0 Å². The number of carboxylic acids is 1. The maximum atomic E-state index is 12.5. The molecule has 132 valence electrons. The zero-order valence-electron chi connectivity index (χ0n) is 14.0. The predicted octanol–water partition coefficient (Wildman–Crippen LogP) is 3.02. The quantitative estimate of drug-likeness (QED) is 0.841. The standard InChI is InChI=1S/C18H22N4O3/c23-16(12-18(13-17(24)25)7-2-1-3-8-18)20-14-5-4-6-15(11-14)22-10-9-19-21-22/h4-6,9-11H,1-3,7-8,12-13H2,(H,20,23)(H,24,25). The Balaban J connectivity index is 1.69. The number of carbonyl (C=O) groups is 2. The highest BCUT2D eigenvalue weighted by Crippen LogP contribution is 2.42. The molecule has 0 radical (unpaired) electrons. The molecule has 25 heavy (non-hydrogen) atoms. The maximum Gasteiger partial charge on any atom is 0.303 e. The molecule has 0 atom stereocenters. The number of anilines is 1. The van der Waals surface area contributed by atoms with Crippen LogP contribution in [0.25, 0.3) is 5.69 Å². The lowest BCUT2D eigenvalue weighted by Gasteiger charge is -2.35. The minimum absolute atomic E-state index is 0.0550. The smallest absolute Gasteiger partial charge is 0.303 e. The molecule has 1 aliphatic rings. The lowest BCUT2D eigenvalue weighted by atomic mass is 9.69. The number of nitrogens with one attached hydrogen (secondary N) is 1. The number of nitrogens with zero attached hydrogens (tertiary/aromatic N) is 3. The minimum atomic E-state index is -0.831. The maximum absolute atomic E-state index is 12.5. The van der Waals surface area contributed by atoms with E-state index in [-0.39, 0.29) is 18.7 Å². The lowest BCUT2D eigenvalue weighted by molar-refractivity contribution is -0.140. The van der Waals surface area contributed by atoms with Crippen molar-refractivity contribution in [2.45, 2.75) is 44.9 Å². The number of carbonyl (C=O) groups excluding carboxylic acids is 1. The summed E-state index contributed by atoms with van der Waals surface area (Å²) in [6.45, 7) is 0. The van der Waals surface area contributed by atoms with Gasteiger partial charge in [0.25, 0.3) is 0 Å². The fourth-order valence-corrected chi connectivity index (χ4v) is 3.66. The second kappa shape index (κ2) is 7.46. The average Bonchev–Trinajstić information content (AvgIpc) is 3.09. The van der Waals surface area contributed by atoms with Gasteiger partial charge in [0, 0.05) is 12.1 Å². The van der Waals surface area contributed by atoms with Crippen molar-refractivity contribution in [3.05, 3.63) is 36.7 Å². The summed E-state index contributed by atoms with van der Waals surface area (Å²) in [4.78, 5) is 23.8. The van der Waals surface area contributed by atoms with Crippen molar-refractivity contribution in [1.29, 1.82) is 0 Å². The highest BCUT2D eigenvalue weighted by molar-refractivity contribution is 5.91. The third kappa shape index (κ3) is 4.43. The average molecular weight is 342 g/mol. The molecule has 3 rings (SSSR count). The molecule has 0 bridgehead atoms. The zero-order chi connectivity index (χ0) is 17.7. The molecule has 0 unspecified atom stereocenters. The molecule has 7 nitrogen and oxygen atoms in total. The SMILES string of the molecule is O=C(O)CC1(CC(=O)Nc2cccc(-n3ccnn3)c2)CCCCC1. The molecule has 0 saturated heterocycles. The Hall–Kier alpha value is -2.70. The number of hydrogen-bond acceptors (Lipinski definition) is 4. The van der Waals surface area contributed by atoms with Crippen molar-refractivity contribution in [2.24, 2.45) is 5.41 Å². The van der Waals surface area contributed by atoms with Crippen LogP contribution in [0.2, 0.25) is 0 Å². The Morgan fingerprint density at radius 2 is 2.00 bits per heavy atom. The highest BCUT2D eigenvalue weighted by Gasteiger charge is 2.36. The van der Waals surface area contributed by atoms with Crippen molar-refractivity contribution in [3.8, 4) is 5.69 Å². The summed E-state index contributed by atoms with van der Waals surface area (Å²) in [6, 6.07) is 7.33. The Morgan fingerprint density at radius 1 is 1.20 bits per heavy atom. The van der Waals surface area contributed by atoms with Gasteiger partial charge in [0.05, 0.1) is 24.5 Å². The molecule has 0 spiro atoms. The molecule has 7 heteroatoms. The number of amides is 1. The molecular weight excluding hydrogens is 320 g/mol. The van der Waals surface area contributed by atoms with Crippen LogP contribution >= 0.6 is 0 Å². The third-order valence-electron chi connectivity index (χ3n) is 4.79. The van der Waals surface area contributed by atoms with Gasteiger partial charge in [-0.3, -0.25) is 9.59 Å². The van der Waals surface area contributed by atoms with Crippen LogP contribution in [0.3, 0.4) is 0 Å². The summed E-state index contributed by atoms with van der Waals surface area (Å²) in [6.07, 6.45) is 8.30. The molecule has 1 aromatic heterocycles. The van der Waals surface area contributed by atoms with Gasteiger partial charge < -0.3 is 10.4 Å². The number of hydrogen-bond donors (Lipinski definition) is 2. The van der Waals surface area contributed by atoms with Crippen molar-refractivity contribution in [3.63, 3.8) is 0 Å². The normalized spacial score (nSPS) is 16.3. The van der Waals surface area contributed by atoms with Gasteiger partial charge in [-0.2, -0.15) is 0 Å². The van der Waals surface area contributed by atoms with Gasteiger partial charge in [0.15, 0.2) is 0 Å². The van der Waals surface area contributed by atoms with Gasteiger partial charge in [-0.25, -0.2) is 4.68 Å². The third-order valence-corrected chi connectivity index (χ3v) is 4.79. The highest BCUT2D eigenvalue weighted by atomic mass is 16.4. The van der Waals surface area contributed by atoms with E-state index in [0.717, 1.165) is 37.8 Å². The first-order valence-corrected chi connectivity index (χ1v) is 8.55. The topological polar surface area (TPSA) is 97.1 Å². The molecule has 0 aliphatic heterocycles. The van der Waals surface area contributed by atoms with Crippen molar-refractivity contribution >= 4 is 17.6 Å². The van der Waals surface area contributed by atoms with Crippen LogP contribution in [0.4, 0.5) is 5.69 Å². The monoisotopic (exact) mass is 342 g/mol. The van der Waals surface area contributed by atoms with E-state index >= 15 is 0 Å². The fourth-order valence-electron chi connectivity index (χ4n) is 3.66. The van der Waals surface area contributed by atoms with Crippen LogP contribution < -0.4 is 5.32 Å². The van der Waals surface area contributed by atoms with Gasteiger partial charge in [-0.15, -0.1) is 5.10 Å². The van der Waals surface area contributed by atoms with E-state index in [9.17, 15) is 14.7 Å². The molecule has 1 heterocycles. The lowest BCUT2D eigenvalue weighted by Crippen LogP contribution is -2.32. The fraction of sp³-hybridized carbons (Fsp3) is 0.444. The number of aliphatic carboxylic acids is 1. The van der Waals surface area contributed by atoms with Gasteiger partial charge in [-0.05, 0) is 36.5 Å². The summed E-state index contributed by atoms with van der Waals surface area (Å²) in [5, 5.41) is 19.8. The first-order valence-electron chi connectivity index (χ1n) is 8.55. The van der Waals surface area contributed by atoms with E-state index in [1.807, 2.05) is 24.3 Å². The summed E-state index contributed by atoms with van der Waals surface area (Å²) in [5.41, 5.74) is 1.05. The van der Waals surface area contributed by atoms with Crippen LogP contribution in [0, 0.1) is 5.41 Å². The van der Waals surface area contributed by atoms with Crippen LogP contribution in [0.5, 0.6) is 0 Å². The Morgan fingerprint density at radius 3 is 2.68 bits per heavy atom. The van der Waals surface area contributed by atoms with Crippen LogP contribution in [0.15, 0.2) is 36.7 Å². The zero-order valence-corrected chi connectivity index (χ0v) is 14.0. The predicted molar refractivity (Wildman–Crippen MR) is 92.4 cm³/mol. The van der Waals surface area contributed by atoms with Gasteiger partial charge in [-0.1, -0.05) is 30.5 Å². The van der Waals surface area contributed by atoms with E-state index in [2.05, 4.69) is 15.6 Å². The Kier molecular flexibility index (Phi) is 5.11. The minimum Gasteiger partial charge on any atom is -0.481 e. The van der Waals surface area contributed by atoms with E-state index in [4.69, 9.17) is 0 Å². The van der Waals surface area contributed by atoms with Gasteiger partial charge >= 0.3 is 5.97 Å². The number of aromatic nitrogens is 3. The second-order valence-electron chi connectivity index (χ2n) is 6.75. The molecule has 1 aromatic carbocycles. The molecule has 1 fully saturated rings. The summed E-state index contributed by atoms with van der Waals surface area (Å²) in [5.74, 6) is -0.971. The van der Waals surface area contributed by atoms with Gasteiger partial charge in [0.2, 0.25) is 5.91 Å². The van der Waals surface area contributed by atoms with Crippen molar-refractivity contribution in [1.82, 2.24) is 15.0 Å². The molecular formula is C18H22N4O3. The Bertz CT molecular complexity index is 737. The number of benzene rings is 1. The molecule has 2 aromatic rings. The molecule has 1 aliphatic carbocycles. The number of rotatable bonds is 6. The molecule has 2 N–H and O–H groups in total. The second-order valence-corrected chi connectivity index (χ2v) is 6.75. The first kappa shape index (κ1) is 17.1. The largest absolute Gasteiger partial charge is 0.481 e. The summed E-state index contributed by atoms with van der Waals surface area (Å²) < 4.78 is 1.61. The van der Waals surface area contributed by atoms with Gasteiger partial charge in [0.1, 0.15) is 0 Å². The first-order chi connectivity index (χ1) is 12.1. The van der Waals surface area contributed by atoms with Crippen LogP contribution in [-0.4, -0.2) is 32.0 Å². The van der Waals surface area contributed by atoms with E-state index in [0.29, 0.717) is 5.69 Å². The van der Waals surface area contributed by atoms with E-state index < -0.39 is 11.4 Å². The molecule has 1 amide bonds. The summed E-state index contributed by atoms with van der Waals surface area (Å²) >= 11 is 0. The molecule has 1 saturated carbocycles. The Labute approximate surface area is 146 Å². The van der Waals surface area contributed by atoms with Crippen molar-refractivity contribution in [2.75, 3.05) is 5.32 Å². The number of carboxylic acid groups (broad SMARTS) is 1.